The van der Waals surface area contributed by atoms with Crippen LogP contribution in [0.5, 0.6) is 11.6 Å². The minimum Gasteiger partial charge on any atom is -0.490 e. The van der Waals surface area contributed by atoms with E-state index < -0.39 is 27.8 Å². The molecule has 1 N–H and O–H groups in total. The van der Waals surface area contributed by atoms with E-state index in [2.05, 4.69) is 37.9 Å². The molecule has 272 valence electrons. The smallest absolute Gasteiger partial charge is 0.257 e. The lowest BCUT2D eigenvalue weighted by molar-refractivity contribution is 0.0131. The summed E-state index contributed by atoms with van der Waals surface area (Å²) in [6.45, 7) is 3.89. The van der Waals surface area contributed by atoms with E-state index in [1.54, 1.807) is 20.2 Å². The van der Waals surface area contributed by atoms with Crippen molar-refractivity contribution in [3.05, 3.63) is 82.0 Å². The number of methoxy groups -OCH3 is 2. The number of rotatable bonds is 4. The SMILES string of the molecule is COc1nn(C)cc1C(=O)NC1[C@@H](C)C/C=C/[C@H](OC)[C@@H]2CC[C@H]2CN2C[C@@]3(CCCc4cc(Cl)ccc43)COc3ccc(cc32)C(=O)N=[S-]1=O. The van der Waals surface area contributed by atoms with Crippen LogP contribution in [0.1, 0.15) is 70.9 Å². The van der Waals surface area contributed by atoms with Crippen LogP contribution >= 0.6 is 11.6 Å². The Morgan fingerprint density at radius 2 is 2.02 bits per heavy atom. The summed E-state index contributed by atoms with van der Waals surface area (Å²) < 4.78 is 37.6. The molecule has 2 amide bonds. The van der Waals surface area contributed by atoms with Crippen molar-refractivity contribution in [3.8, 4) is 11.6 Å². The highest BCUT2D eigenvalue weighted by Crippen LogP contribution is 2.47. The number of benzene rings is 2. The molecule has 1 unspecified atom stereocenters. The Morgan fingerprint density at radius 1 is 1.18 bits per heavy atom. The van der Waals surface area contributed by atoms with E-state index in [1.807, 2.05) is 31.2 Å². The molecule has 11 nitrogen and oxygen atoms in total. The van der Waals surface area contributed by atoms with E-state index in [9.17, 15) is 13.8 Å². The molecule has 0 radical (unpaired) electrons. The number of aryl methyl sites for hydroxylation is 2. The lowest BCUT2D eigenvalue weighted by atomic mass is 9.68. The van der Waals surface area contributed by atoms with Gasteiger partial charge in [-0.15, -0.1) is 5.10 Å². The second-order valence-electron chi connectivity index (χ2n) is 14.4. The fourth-order valence-electron chi connectivity index (χ4n) is 8.30. The number of fused-ring (bicyclic) bond motifs is 4. The number of allylic oxidation sites excluding steroid dienone is 1. The normalized spacial score (nSPS) is 28.7. The predicted octanol–water partition coefficient (Wildman–Crippen LogP) is 6.24. The Bertz CT molecular complexity index is 1940. The second kappa shape index (κ2) is 14.6. The highest BCUT2D eigenvalue weighted by molar-refractivity contribution is 7.75. The third-order valence-electron chi connectivity index (χ3n) is 11.2. The Morgan fingerprint density at radius 3 is 2.78 bits per heavy atom. The van der Waals surface area contributed by atoms with Gasteiger partial charge < -0.3 is 33.0 Å². The van der Waals surface area contributed by atoms with E-state index in [1.165, 1.54) is 29.1 Å². The summed E-state index contributed by atoms with van der Waals surface area (Å²) in [5.74, 6) is 0.0327. The fraction of sp³-hybridized carbons (Fsp3) is 0.500. The highest BCUT2D eigenvalue weighted by atomic mass is 35.5. The summed E-state index contributed by atoms with van der Waals surface area (Å²) in [5.41, 5.74) is 3.60. The van der Waals surface area contributed by atoms with Crippen molar-refractivity contribution in [2.45, 2.75) is 62.3 Å². The first-order valence-electron chi connectivity index (χ1n) is 17.6. The third-order valence-corrected chi connectivity index (χ3v) is 12.8. The molecule has 13 heteroatoms. The summed E-state index contributed by atoms with van der Waals surface area (Å²) in [7, 11) is 2.74. The molecule has 3 heterocycles. The van der Waals surface area contributed by atoms with Gasteiger partial charge >= 0.3 is 0 Å². The van der Waals surface area contributed by atoms with Gasteiger partial charge in [0.1, 0.15) is 11.3 Å². The van der Waals surface area contributed by atoms with E-state index in [0.29, 0.717) is 36.2 Å². The number of hydrogen-bond donors (Lipinski definition) is 1. The van der Waals surface area contributed by atoms with E-state index in [4.69, 9.17) is 25.8 Å². The quantitative estimate of drug-likeness (QED) is 0.247. The molecule has 2 aliphatic carbocycles. The zero-order valence-corrected chi connectivity index (χ0v) is 31.0. The van der Waals surface area contributed by atoms with Gasteiger partial charge in [-0.1, -0.05) is 36.7 Å². The number of amides is 2. The van der Waals surface area contributed by atoms with Crippen LogP contribution in [0, 0.1) is 17.8 Å². The van der Waals surface area contributed by atoms with Crippen LogP contribution in [0.15, 0.2) is 59.1 Å². The zero-order chi connectivity index (χ0) is 35.9. The molecule has 51 heavy (non-hydrogen) atoms. The van der Waals surface area contributed by atoms with Gasteiger partial charge in [-0.2, -0.15) is 10.6 Å². The van der Waals surface area contributed by atoms with Crippen LogP contribution in [-0.4, -0.2) is 67.0 Å². The molecule has 7 rings (SSSR count). The van der Waals surface area contributed by atoms with Gasteiger partial charge in [-0.25, -0.2) is 0 Å². The van der Waals surface area contributed by atoms with Gasteiger partial charge in [0.05, 0.1) is 25.5 Å². The summed E-state index contributed by atoms with van der Waals surface area (Å²) in [6.07, 6.45) is 11.1. The molecule has 1 spiro atoms. The van der Waals surface area contributed by atoms with Crippen LogP contribution in [0.3, 0.4) is 0 Å². The van der Waals surface area contributed by atoms with E-state index >= 15 is 0 Å². The number of nitrogens with zero attached hydrogens (tertiary/aromatic N) is 4. The van der Waals surface area contributed by atoms with Crippen LogP contribution < -0.4 is 19.7 Å². The van der Waals surface area contributed by atoms with Crippen LogP contribution in [0.25, 0.3) is 0 Å². The molecule has 2 aliphatic heterocycles. The van der Waals surface area contributed by atoms with Crippen molar-refractivity contribution >= 4 is 39.7 Å². The number of nitrogens with one attached hydrogen (secondary N) is 1. The highest BCUT2D eigenvalue weighted by Gasteiger charge is 2.44. The number of hydrogen-bond acceptors (Lipinski definition) is 9. The van der Waals surface area contributed by atoms with Gasteiger partial charge in [0, 0.05) is 49.4 Å². The lowest BCUT2D eigenvalue weighted by Gasteiger charge is -2.46. The topological polar surface area (TPSA) is 124 Å². The van der Waals surface area contributed by atoms with Crippen molar-refractivity contribution in [2.24, 2.45) is 29.2 Å². The first-order valence-corrected chi connectivity index (χ1v) is 19.2. The average Bonchev–Trinajstić information content (AvgIpc) is 3.42. The number of aromatic nitrogens is 2. The maximum atomic E-state index is 13.9. The summed E-state index contributed by atoms with van der Waals surface area (Å²) >= 11 is 6.45. The molecular weight excluding hydrogens is 690 g/mol. The minimum absolute atomic E-state index is 0.103. The Kier molecular flexibility index (Phi) is 10.2. The van der Waals surface area contributed by atoms with Gasteiger partial charge in [-0.3, -0.25) is 14.3 Å². The Balaban J connectivity index is 1.28. The van der Waals surface area contributed by atoms with Crippen LogP contribution in [0.4, 0.5) is 5.69 Å². The number of anilines is 1. The first-order chi connectivity index (χ1) is 24.6. The zero-order valence-electron chi connectivity index (χ0n) is 29.5. The Labute approximate surface area is 305 Å². The molecule has 2 bridgehead atoms. The van der Waals surface area contributed by atoms with Crippen molar-refractivity contribution < 1.29 is 28.0 Å². The number of ether oxygens (including phenoxy) is 3. The summed E-state index contributed by atoms with van der Waals surface area (Å²) in [4.78, 5) is 29.7. The fourth-order valence-corrected chi connectivity index (χ4v) is 9.59. The third kappa shape index (κ3) is 7.02. The molecule has 1 saturated carbocycles. The van der Waals surface area contributed by atoms with Gasteiger partial charge in [-0.05, 0) is 103 Å². The molecule has 1 fully saturated rings. The maximum Gasteiger partial charge on any atom is 0.257 e. The minimum atomic E-state index is -2.11. The predicted molar refractivity (Wildman–Crippen MR) is 196 cm³/mol. The van der Waals surface area contributed by atoms with Crippen LogP contribution in [-0.2, 0) is 38.4 Å². The van der Waals surface area contributed by atoms with Crippen molar-refractivity contribution in [3.63, 3.8) is 0 Å². The largest absolute Gasteiger partial charge is 0.490 e. The second-order valence-corrected chi connectivity index (χ2v) is 16.1. The number of halogens is 1. The van der Waals surface area contributed by atoms with Crippen LogP contribution in [0.2, 0.25) is 5.02 Å². The summed E-state index contributed by atoms with van der Waals surface area (Å²) in [6, 6.07) is 11.6. The van der Waals surface area contributed by atoms with Gasteiger partial charge in [0.2, 0.25) is 5.88 Å². The molecule has 3 aromatic rings. The molecule has 4 aliphatic rings. The van der Waals surface area contributed by atoms with Crippen molar-refractivity contribution in [1.29, 1.82) is 0 Å². The number of carbonyl (C=O) groups excluding carboxylic acids is 2. The van der Waals surface area contributed by atoms with Gasteiger partial charge in [0.15, 0.2) is 0 Å². The number of carbonyl (C=O) groups is 2. The molecular formula is C38H45ClN5O6S-. The van der Waals surface area contributed by atoms with E-state index in [-0.39, 0.29) is 28.9 Å². The monoisotopic (exact) mass is 734 g/mol. The summed E-state index contributed by atoms with van der Waals surface area (Å²) in [5, 5.41) is 6.81. The van der Waals surface area contributed by atoms with E-state index in [0.717, 1.165) is 55.9 Å². The standard InChI is InChI=1S/C38H45ClN5O6S/c1-23-7-5-9-32(48-3)28-13-10-26(28)19-44-21-38(16-6-8-24-17-27(39)12-14-30(24)38)22-50-33-15-11-25(18-31(33)44)34(45)42-51(47)37(23)40-35(46)29-20-43(2)41-36(29)49-4/h5,9,11-12,14-15,17-18,20,23,26,28,32,37H,6-8,10,13,16,19,21-22H2,1-4H3,(H,40,46)/q-1/b9-5+/t23-,26-,28+,32-,37?,38-/m0/s1. The molecule has 1 aromatic heterocycles. The van der Waals surface area contributed by atoms with Crippen molar-refractivity contribution in [2.75, 3.05) is 38.8 Å². The molecule has 0 saturated heterocycles. The van der Waals surface area contributed by atoms with Gasteiger partial charge in [0.25, 0.3) is 11.8 Å². The lowest BCUT2D eigenvalue weighted by Crippen LogP contribution is -2.49. The van der Waals surface area contributed by atoms with Crippen molar-refractivity contribution in [1.82, 2.24) is 15.1 Å². The maximum absolute atomic E-state index is 13.9. The average molecular weight is 735 g/mol. The molecule has 2 aromatic carbocycles. The Hall–Kier alpha value is -3.87. The molecule has 6 atom stereocenters. The first kappa shape index (κ1) is 35.5.